The number of benzene rings is 2. The van der Waals surface area contributed by atoms with Crippen LogP contribution < -0.4 is 0 Å². The van der Waals surface area contributed by atoms with E-state index in [0.29, 0.717) is 35.7 Å². The van der Waals surface area contributed by atoms with Gasteiger partial charge in [0.15, 0.2) is 0 Å². The Morgan fingerprint density at radius 2 is 1.69 bits per heavy atom. The van der Waals surface area contributed by atoms with Crippen LogP contribution in [0.25, 0.3) is 16.9 Å². The van der Waals surface area contributed by atoms with Crippen LogP contribution in [0.2, 0.25) is 0 Å². The van der Waals surface area contributed by atoms with Gasteiger partial charge in [-0.15, -0.1) is 0 Å². The average molecular weight is 355 g/mol. The highest BCUT2D eigenvalue weighted by atomic mass is 19.1. The molecule has 0 saturated heterocycles. The van der Waals surface area contributed by atoms with Crippen molar-refractivity contribution in [3.63, 3.8) is 0 Å². The van der Waals surface area contributed by atoms with Crippen molar-refractivity contribution in [2.75, 3.05) is 13.1 Å². The monoisotopic (exact) mass is 355 g/mol. The molecule has 3 rings (SSSR count). The minimum atomic E-state index is -0.418. The molecular weight excluding hydrogens is 336 g/mol. The zero-order chi connectivity index (χ0) is 18.7. The van der Waals surface area contributed by atoms with E-state index < -0.39 is 5.82 Å². The second kappa shape index (κ2) is 7.47. The second-order valence-corrected chi connectivity index (χ2v) is 5.76. The molecule has 0 N–H and O–H groups in total. The number of amides is 1. The van der Waals surface area contributed by atoms with Crippen molar-refractivity contribution in [2.45, 2.75) is 13.8 Å². The van der Waals surface area contributed by atoms with E-state index in [-0.39, 0.29) is 11.7 Å². The summed E-state index contributed by atoms with van der Waals surface area (Å²) >= 11 is 0. The number of hydrogen-bond donors (Lipinski definition) is 0. The predicted octanol–water partition coefficient (Wildman–Crippen LogP) is 4.30. The predicted molar refractivity (Wildman–Crippen MR) is 96.2 cm³/mol. The number of carbonyl (C=O) groups excluding carboxylic acids is 1. The van der Waals surface area contributed by atoms with E-state index in [1.807, 2.05) is 13.8 Å². The molecule has 0 aliphatic carbocycles. The number of hydrogen-bond acceptors (Lipinski definition) is 2. The molecule has 0 aliphatic rings. The van der Waals surface area contributed by atoms with Gasteiger partial charge < -0.3 is 4.90 Å². The van der Waals surface area contributed by atoms with Crippen molar-refractivity contribution >= 4 is 5.91 Å². The SMILES string of the molecule is CCN(CC)C(=O)c1cc(-c2ccccc2F)nn1-c1ccc(F)cc1. The molecule has 1 heterocycles. The van der Waals surface area contributed by atoms with E-state index >= 15 is 0 Å². The van der Waals surface area contributed by atoms with Crippen molar-refractivity contribution in [3.05, 3.63) is 71.9 Å². The highest BCUT2D eigenvalue weighted by molar-refractivity contribution is 5.94. The van der Waals surface area contributed by atoms with Crippen LogP contribution in [-0.2, 0) is 0 Å². The van der Waals surface area contributed by atoms with Gasteiger partial charge in [0.1, 0.15) is 17.3 Å². The van der Waals surface area contributed by atoms with Crippen LogP contribution in [0.1, 0.15) is 24.3 Å². The standard InChI is InChI=1S/C20H19F2N3O/c1-3-24(4-2)20(26)19-13-18(16-7-5-6-8-17(16)22)23-25(19)15-11-9-14(21)10-12-15/h5-13H,3-4H2,1-2H3. The minimum Gasteiger partial charge on any atom is -0.338 e. The zero-order valence-corrected chi connectivity index (χ0v) is 14.6. The highest BCUT2D eigenvalue weighted by Gasteiger charge is 2.22. The Hall–Kier alpha value is -3.02. The smallest absolute Gasteiger partial charge is 0.272 e. The van der Waals surface area contributed by atoms with Gasteiger partial charge in [-0.05, 0) is 56.3 Å². The maximum atomic E-state index is 14.2. The number of nitrogens with zero attached hydrogens (tertiary/aromatic N) is 3. The third-order valence-corrected chi connectivity index (χ3v) is 4.20. The molecule has 0 aliphatic heterocycles. The van der Waals surface area contributed by atoms with Crippen LogP contribution >= 0.6 is 0 Å². The summed E-state index contributed by atoms with van der Waals surface area (Å²) in [5.74, 6) is -1.01. The first kappa shape index (κ1) is 17.8. The molecular formula is C20H19F2N3O. The lowest BCUT2D eigenvalue weighted by Crippen LogP contribution is -2.32. The Bertz CT molecular complexity index is 915. The molecule has 0 radical (unpaired) electrons. The van der Waals surface area contributed by atoms with Crippen molar-refractivity contribution in [1.82, 2.24) is 14.7 Å². The molecule has 0 fully saturated rings. The molecule has 0 bridgehead atoms. The van der Waals surface area contributed by atoms with Crippen LogP contribution in [0.15, 0.2) is 54.6 Å². The van der Waals surface area contributed by atoms with Gasteiger partial charge in [0, 0.05) is 18.7 Å². The Balaban J connectivity index is 2.16. The molecule has 4 nitrogen and oxygen atoms in total. The van der Waals surface area contributed by atoms with Crippen molar-refractivity contribution in [3.8, 4) is 16.9 Å². The van der Waals surface area contributed by atoms with Gasteiger partial charge >= 0.3 is 0 Å². The van der Waals surface area contributed by atoms with E-state index in [2.05, 4.69) is 5.10 Å². The molecule has 134 valence electrons. The maximum Gasteiger partial charge on any atom is 0.272 e. The van der Waals surface area contributed by atoms with Gasteiger partial charge in [0.25, 0.3) is 5.91 Å². The van der Waals surface area contributed by atoms with Gasteiger partial charge in [-0.1, -0.05) is 12.1 Å². The third-order valence-electron chi connectivity index (χ3n) is 4.20. The lowest BCUT2D eigenvalue weighted by molar-refractivity contribution is 0.0764. The van der Waals surface area contributed by atoms with E-state index in [4.69, 9.17) is 0 Å². The van der Waals surface area contributed by atoms with Crippen LogP contribution in [0, 0.1) is 11.6 Å². The first-order valence-electron chi connectivity index (χ1n) is 8.45. The number of aromatic nitrogens is 2. The number of carbonyl (C=O) groups is 1. The summed E-state index contributed by atoms with van der Waals surface area (Å²) in [5, 5.41) is 4.42. The second-order valence-electron chi connectivity index (χ2n) is 5.76. The molecule has 6 heteroatoms. The van der Waals surface area contributed by atoms with Gasteiger partial charge in [-0.3, -0.25) is 4.79 Å². The Morgan fingerprint density at radius 3 is 2.31 bits per heavy atom. The molecule has 1 amide bonds. The van der Waals surface area contributed by atoms with Crippen LogP contribution in [0.3, 0.4) is 0 Å². The van der Waals surface area contributed by atoms with Crippen molar-refractivity contribution in [2.24, 2.45) is 0 Å². The van der Waals surface area contributed by atoms with E-state index in [1.165, 1.54) is 35.0 Å². The minimum absolute atomic E-state index is 0.214. The first-order valence-corrected chi connectivity index (χ1v) is 8.45. The molecule has 0 spiro atoms. The molecule has 2 aromatic carbocycles. The summed E-state index contributed by atoms with van der Waals surface area (Å²) in [6.07, 6.45) is 0. The third kappa shape index (κ3) is 3.35. The molecule has 3 aromatic rings. The van der Waals surface area contributed by atoms with Crippen molar-refractivity contribution in [1.29, 1.82) is 0 Å². The molecule has 0 unspecified atom stereocenters. The van der Waals surface area contributed by atoms with E-state index in [9.17, 15) is 13.6 Å². The quantitative estimate of drug-likeness (QED) is 0.684. The van der Waals surface area contributed by atoms with E-state index in [0.717, 1.165) is 0 Å². The normalized spacial score (nSPS) is 10.8. The fourth-order valence-corrected chi connectivity index (χ4v) is 2.79. The van der Waals surface area contributed by atoms with Crippen LogP contribution in [0.5, 0.6) is 0 Å². The Morgan fingerprint density at radius 1 is 1.04 bits per heavy atom. The Kier molecular flexibility index (Phi) is 5.11. The van der Waals surface area contributed by atoms with Crippen molar-refractivity contribution < 1.29 is 13.6 Å². The van der Waals surface area contributed by atoms with Gasteiger partial charge in [-0.2, -0.15) is 5.10 Å². The van der Waals surface area contributed by atoms with Gasteiger partial charge in [-0.25, -0.2) is 13.5 Å². The lowest BCUT2D eigenvalue weighted by atomic mass is 10.1. The lowest BCUT2D eigenvalue weighted by Gasteiger charge is -2.19. The first-order chi connectivity index (χ1) is 12.5. The van der Waals surface area contributed by atoms with Gasteiger partial charge in [0.2, 0.25) is 0 Å². The summed E-state index contributed by atoms with van der Waals surface area (Å²) in [5.41, 5.74) is 1.49. The molecule has 0 atom stereocenters. The number of rotatable bonds is 5. The highest BCUT2D eigenvalue weighted by Crippen LogP contribution is 2.25. The fourth-order valence-electron chi connectivity index (χ4n) is 2.79. The summed E-state index contributed by atoms with van der Waals surface area (Å²) in [4.78, 5) is 14.5. The topological polar surface area (TPSA) is 38.1 Å². The maximum absolute atomic E-state index is 14.2. The van der Waals surface area contributed by atoms with Crippen LogP contribution in [-0.4, -0.2) is 33.7 Å². The molecule has 1 aromatic heterocycles. The molecule has 0 saturated carbocycles. The van der Waals surface area contributed by atoms with Gasteiger partial charge in [0.05, 0.1) is 11.4 Å². The summed E-state index contributed by atoms with van der Waals surface area (Å²) in [6.45, 7) is 4.85. The average Bonchev–Trinajstić information content (AvgIpc) is 3.08. The summed E-state index contributed by atoms with van der Waals surface area (Å²) < 4.78 is 28.9. The van der Waals surface area contributed by atoms with Crippen LogP contribution in [0.4, 0.5) is 8.78 Å². The largest absolute Gasteiger partial charge is 0.338 e. The summed E-state index contributed by atoms with van der Waals surface area (Å²) in [7, 11) is 0. The number of halogens is 2. The molecule has 26 heavy (non-hydrogen) atoms. The van der Waals surface area contributed by atoms with E-state index in [1.54, 1.807) is 29.2 Å². The summed E-state index contributed by atoms with van der Waals surface area (Å²) in [6, 6.07) is 13.5. The zero-order valence-electron chi connectivity index (χ0n) is 14.6. The Labute approximate surface area is 150 Å². The fraction of sp³-hybridized carbons (Fsp3) is 0.200.